The summed E-state index contributed by atoms with van der Waals surface area (Å²) in [6.45, 7) is 0. The van der Waals surface area contributed by atoms with Gasteiger partial charge >= 0.3 is 5.97 Å². The molecule has 1 aliphatic rings. The number of allylic oxidation sites excluding steroid dienone is 2. The first kappa shape index (κ1) is 7.98. The summed E-state index contributed by atoms with van der Waals surface area (Å²) < 4.78 is 0. The Bertz CT molecular complexity index is 196. The summed E-state index contributed by atoms with van der Waals surface area (Å²) in [7, 11) is 0. The SMILES string of the molecule is O=C(O)CC1CCC=CC=N1. The van der Waals surface area contributed by atoms with E-state index in [2.05, 4.69) is 4.99 Å². The number of carboxylic acid groups (broad SMARTS) is 1. The third-order valence-electron chi connectivity index (χ3n) is 1.60. The molecule has 1 heterocycles. The Hall–Kier alpha value is -1.12. The lowest BCUT2D eigenvalue weighted by atomic mass is 10.1. The van der Waals surface area contributed by atoms with E-state index >= 15 is 0 Å². The summed E-state index contributed by atoms with van der Waals surface area (Å²) >= 11 is 0. The molecule has 1 N–H and O–H groups in total. The molecule has 11 heavy (non-hydrogen) atoms. The molecule has 1 aliphatic heterocycles. The van der Waals surface area contributed by atoms with Crippen LogP contribution in [0.15, 0.2) is 17.1 Å². The molecule has 0 fully saturated rings. The lowest BCUT2D eigenvalue weighted by Gasteiger charge is -2.04. The maximum absolute atomic E-state index is 10.3. The minimum Gasteiger partial charge on any atom is -0.481 e. The molecule has 0 radical (unpaired) electrons. The first-order valence-corrected chi connectivity index (χ1v) is 3.69. The molecule has 1 unspecified atom stereocenters. The third-order valence-corrected chi connectivity index (χ3v) is 1.60. The fourth-order valence-electron chi connectivity index (χ4n) is 1.05. The number of aliphatic imine (C=N–C) groups is 1. The van der Waals surface area contributed by atoms with E-state index in [0.717, 1.165) is 12.8 Å². The quantitative estimate of drug-likeness (QED) is 0.649. The van der Waals surface area contributed by atoms with Crippen LogP contribution in [0.2, 0.25) is 0 Å². The molecule has 3 nitrogen and oxygen atoms in total. The molecule has 0 spiro atoms. The maximum atomic E-state index is 10.3. The zero-order valence-corrected chi connectivity index (χ0v) is 6.23. The van der Waals surface area contributed by atoms with Gasteiger partial charge in [0.05, 0.1) is 12.5 Å². The van der Waals surface area contributed by atoms with Crippen molar-refractivity contribution in [3.63, 3.8) is 0 Å². The van der Waals surface area contributed by atoms with Gasteiger partial charge in [-0.2, -0.15) is 0 Å². The van der Waals surface area contributed by atoms with E-state index < -0.39 is 5.97 Å². The number of nitrogens with zero attached hydrogens (tertiary/aromatic N) is 1. The molecule has 0 aromatic heterocycles. The van der Waals surface area contributed by atoms with Crippen molar-refractivity contribution in [2.24, 2.45) is 4.99 Å². The van der Waals surface area contributed by atoms with Crippen LogP contribution in [-0.4, -0.2) is 23.3 Å². The molecule has 0 aliphatic carbocycles. The van der Waals surface area contributed by atoms with Gasteiger partial charge in [0.2, 0.25) is 0 Å². The van der Waals surface area contributed by atoms with Crippen molar-refractivity contribution in [3.05, 3.63) is 12.2 Å². The van der Waals surface area contributed by atoms with Crippen LogP contribution >= 0.6 is 0 Å². The molecule has 60 valence electrons. The van der Waals surface area contributed by atoms with Crippen molar-refractivity contribution >= 4 is 12.2 Å². The summed E-state index contributed by atoms with van der Waals surface area (Å²) in [6.07, 6.45) is 7.48. The fraction of sp³-hybridized carbons (Fsp3) is 0.500. The highest BCUT2D eigenvalue weighted by Crippen LogP contribution is 2.09. The predicted octanol–water partition coefficient (Wildman–Crippen LogP) is 1.25. The van der Waals surface area contributed by atoms with Gasteiger partial charge in [0.1, 0.15) is 0 Å². The molecule has 0 saturated carbocycles. The van der Waals surface area contributed by atoms with Gasteiger partial charge in [-0.25, -0.2) is 0 Å². The monoisotopic (exact) mass is 153 g/mol. The van der Waals surface area contributed by atoms with E-state index in [9.17, 15) is 4.79 Å². The minimum atomic E-state index is -0.769. The molecule has 0 amide bonds. The summed E-state index contributed by atoms with van der Waals surface area (Å²) in [5, 5.41) is 8.46. The first-order valence-electron chi connectivity index (χ1n) is 3.69. The van der Waals surface area contributed by atoms with Gasteiger partial charge in [0, 0.05) is 6.21 Å². The number of hydrogen-bond donors (Lipinski definition) is 1. The molecule has 3 heteroatoms. The summed E-state index contributed by atoms with van der Waals surface area (Å²) in [5.41, 5.74) is 0. The van der Waals surface area contributed by atoms with E-state index in [4.69, 9.17) is 5.11 Å². The van der Waals surface area contributed by atoms with E-state index in [1.807, 2.05) is 12.2 Å². The van der Waals surface area contributed by atoms with Crippen LogP contribution in [0.3, 0.4) is 0 Å². The molecule has 1 rings (SSSR count). The summed E-state index contributed by atoms with van der Waals surface area (Å²) in [4.78, 5) is 14.4. The van der Waals surface area contributed by atoms with Crippen LogP contribution < -0.4 is 0 Å². The van der Waals surface area contributed by atoms with Crippen LogP contribution in [0.25, 0.3) is 0 Å². The van der Waals surface area contributed by atoms with Crippen molar-refractivity contribution in [1.82, 2.24) is 0 Å². The number of aliphatic carboxylic acids is 1. The highest BCUT2D eigenvalue weighted by molar-refractivity contribution is 5.73. The van der Waals surface area contributed by atoms with Crippen LogP contribution in [0, 0.1) is 0 Å². The van der Waals surface area contributed by atoms with Crippen molar-refractivity contribution in [2.75, 3.05) is 0 Å². The first-order chi connectivity index (χ1) is 5.29. The standard InChI is InChI=1S/C8H11NO2/c10-8(11)6-7-4-2-1-3-5-9-7/h1,3,5,7H,2,4,6H2,(H,10,11). The molecule has 0 saturated heterocycles. The van der Waals surface area contributed by atoms with E-state index in [-0.39, 0.29) is 12.5 Å². The Labute approximate surface area is 65.4 Å². The van der Waals surface area contributed by atoms with E-state index in [1.54, 1.807) is 6.21 Å². The highest BCUT2D eigenvalue weighted by atomic mass is 16.4. The number of carbonyl (C=O) groups is 1. The number of carboxylic acids is 1. The second kappa shape index (κ2) is 3.91. The molecule has 1 atom stereocenters. The molecule has 0 bridgehead atoms. The average Bonchev–Trinajstić information content (AvgIpc) is 2.14. The Morgan fingerprint density at radius 3 is 3.27 bits per heavy atom. The van der Waals surface area contributed by atoms with Crippen molar-refractivity contribution < 1.29 is 9.90 Å². The molecular formula is C8H11NO2. The second-order valence-electron chi connectivity index (χ2n) is 2.56. The third kappa shape index (κ3) is 2.98. The zero-order valence-electron chi connectivity index (χ0n) is 6.23. The van der Waals surface area contributed by atoms with E-state index in [1.165, 1.54) is 0 Å². The highest BCUT2D eigenvalue weighted by Gasteiger charge is 2.10. The van der Waals surface area contributed by atoms with Crippen LogP contribution in [-0.2, 0) is 4.79 Å². The largest absolute Gasteiger partial charge is 0.481 e. The summed E-state index contributed by atoms with van der Waals surface area (Å²) in [5.74, 6) is -0.769. The Balaban J connectivity index is 2.41. The van der Waals surface area contributed by atoms with E-state index in [0.29, 0.717) is 0 Å². The van der Waals surface area contributed by atoms with Crippen molar-refractivity contribution in [3.8, 4) is 0 Å². The van der Waals surface area contributed by atoms with Gasteiger partial charge in [0.15, 0.2) is 0 Å². The smallest absolute Gasteiger partial charge is 0.305 e. The lowest BCUT2D eigenvalue weighted by molar-refractivity contribution is -0.137. The average molecular weight is 153 g/mol. The lowest BCUT2D eigenvalue weighted by Crippen LogP contribution is -2.10. The van der Waals surface area contributed by atoms with Crippen molar-refractivity contribution in [1.29, 1.82) is 0 Å². The predicted molar refractivity (Wildman–Crippen MR) is 42.9 cm³/mol. The number of rotatable bonds is 2. The van der Waals surface area contributed by atoms with Crippen LogP contribution in [0.4, 0.5) is 0 Å². The maximum Gasteiger partial charge on any atom is 0.305 e. The van der Waals surface area contributed by atoms with Gasteiger partial charge in [0.25, 0.3) is 0 Å². The summed E-state index contributed by atoms with van der Waals surface area (Å²) in [6, 6.07) is -0.0255. The second-order valence-corrected chi connectivity index (χ2v) is 2.56. The normalized spacial score (nSPS) is 23.1. The Morgan fingerprint density at radius 1 is 1.73 bits per heavy atom. The van der Waals surface area contributed by atoms with Gasteiger partial charge < -0.3 is 5.11 Å². The van der Waals surface area contributed by atoms with Crippen LogP contribution in [0.1, 0.15) is 19.3 Å². The van der Waals surface area contributed by atoms with Gasteiger partial charge in [-0.1, -0.05) is 6.08 Å². The van der Waals surface area contributed by atoms with Crippen molar-refractivity contribution in [2.45, 2.75) is 25.3 Å². The number of hydrogen-bond acceptors (Lipinski definition) is 2. The van der Waals surface area contributed by atoms with Gasteiger partial charge in [-0.3, -0.25) is 9.79 Å². The van der Waals surface area contributed by atoms with Gasteiger partial charge in [-0.15, -0.1) is 0 Å². The Morgan fingerprint density at radius 2 is 2.55 bits per heavy atom. The zero-order chi connectivity index (χ0) is 8.10. The molecule has 0 aromatic rings. The topological polar surface area (TPSA) is 49.7 Å². The minimum absolute atomic E-state index is 0.0255. The fourth-order valence-corrected chi connectivity index (χ4v) is 1.05. The molecule has 0 aromatic carbocycles. The van der Waals surface area contributed by atoms with Gasteiger partial charge in [-0.05, 0) is 18.9 Å². The van der Waals surface area contributed by atoms with Crippen LogP contribution in [0.5, 0.6) is 0 Å². The molecular weight excluding hydrogens is 142 g/mol. The Kier molecular flexibility index (Phi) is 2.83.